The molecule has 0 unspecified atom stereocenters. The average molecular weight is 582 g/mol. The van der Waals surface area contributed by atoms with Crippen molar-refractivity contribution in [1.82, 2.24) is 9.80 Å². The number of hydrogen-bond acceptors (Lipinski definition) is 7. The third-order valence-electron chi connectivity index (χ3n) is 5.94. The summed E-state index contributed by atoms with van der Waals surface area (Å²) in [5.74, 6) is -0.449. The maximum absolute atomic E-state index is 12.9. The molecule has 37 heavy (non-hydrogen) atoms. The molecule has 0 radical (unpaired) electrons. The Hall–Kier alpha value is -2.14. The van der Waals surface area contributed by atoms with E-state index in [-0.39, 0.29) is 18.9 Å². The zero-order chi connectivity index (χ0) is 26.4. The van der Waals surface area contributed by atoms with E-state index in [9.17, 15) is 9.59 Å². The molecule has 2 saturated heterocycles. The molecule has 2 heterocycles. The van der Waals surface area contributed by atoms with Crippen molar-refractivity contribution in [3.8, 4) is 16.9 Å². The quantitative estimate of drug-likeness (QED) is 0.294. The van der Waals surface area contributed by atoms with Gasteiger partial charge in [-0.1, -0.05) is 59.3 Å². The number of aliphatic carboxylic acids is 1. The summed E-state index contributed by atoms with van der Waals surface area (Å²) in [4.78, 5) is 28.0. The van der Waals surface area contributed by atoms with Crippen LogP contribution in [0.3, 0.4) is 0 Å². The van der Waals surface area contributed by atoms with Crippen LogP contribution < -0.4 is 4.74 Å². The number of rotatable bonds is 10. The van der Waals surface area contributed by atoms with Gasteiger partial charge in [-0.05, 0) is 42.3 Å². The summed E-state index contributed by atoms with van der Waals surface area (Å²) < 4.78 is 12.0. The van der Waals surface area contributed by atoms with Gasteiger partial charge in [-0.2, -0.15) is 0 Å². The standard InChI is InChI=1S/C26H26Cl2N2O5S2/c27-18-4-5-19(21(28)16-18)20-14-17(3-6-22(20)35-13-10-29-8-11-34-12-9-29)15-23-25(33)30(26(36)37-23)7-1-2-24(31)32/h3-6,14-16H,1-2,7-13H2,(H,31,32)/b23-15-. The predicted octanol–water partition coefficient (Wildman–Crippen LogP) is 5.44. The normalized spacial score (nSPS) is 17.6. The summed E-state index contributed by atoms with van der Waals surface area (Å²) in [5, 5.41) is 9.90. The lowest BCUT2D eigenvalue weighted by Gasteiger charge is -2.26. The van der Waals surface area contributed by atoms with Gasteiger partial charge in [-0.3, -0.25) is 19.4 Å². The Morgan fingerprint density at radius 1 is 1.14 bits per heavy atom. The van der Waals surface area contributed by atoms with Crippen molar-refractivity contribution in [2.24, 2.45) is 0 Å². The maximum atomic E-state index is 12.9. The molecule has 2 aliphatic heterocycles. The Morgan fingerprint density at radius 2 is 1.92 bits per heavy atom. The van der Waals surface area contributed by atoms with Gasteiger partial charge in [0.05, 0.1) is 23.1 Å². The molecule has 196 valence electrons. The first-order valence-corrected chi connectivity index (χ1v) is 13.8. The molecule has 2 fully saturated rings. The third kappa shape index (κ3) is 7.46. The van der Waals surface area contributed by atoms with Gasteiger partial charge in [0.25, 0.3) is 5.91 Å². The maximum Gasteiger partial charge on any atom is 0.303 e. The van der Waals surface area contributed by atoms with Gasteiger partial charge in [0, 0.05) is 48.7 Å². The molecule has 2 aliphatic rings. The number of morpholine rings is 1. The molecule has 0 atom stereocenters. The Balaban J connectivity index is 1.56. The van der Waals surface area contributed by atoms with Gasteiger partial charge in [0.1, 0.15) is 16.7 Å². The second-order valence-corrected chi connectivity index (χ2v) is 11.0. The summed E-state index contributed by atoms with van der Waals surface area (Å²) in [6.07, 6.45) is 2.10. The molecule has 4 rings (SSSR count). The number of nitrogens with zero attached hydrogens (tertiary/aromatic N) is 2. The minimum absolute atomic E-state index is 0.0195. The number of hydrogen-bond donors (Lipinski definition) is 1. The Kier molecular flexibility index (Phi) is 9.86. The van der Waals surface area contributed by atoms with Crippen molar-refractivity contribution in [1.29, 1.82) is 0 Å². The number of thiocarbonyl (C=S) groups is 1. The van der Waals surface area contributed by atoms with Crippen molar-refractivity contribution >= 4 is 69.5 Å². The summed E-state index contributed by atoms with van der Waals surface area (Å²) >= 11 is 19.2. The fourth-order valence-electron chi connectivity index (χ4n) is 4.02. The van der Waals surface area contributed by atoms with Crippen LogP contribution in [-0.4, -0.2) is 77.1 Å². The van der Waals surface area contributed by atoms with Gasteiger partial charge in [-0.25, -0.2) is 0 Å². The van der Waals surface area contributed by atoms with Gasteiger partial charge in [0.15, 0.2) is 0 Å². The number of ether oxygens (including phenoxy) is 2. The van der Waals surface area contributed by atoms with E-state index in [1.807, 2.05) is 24.3 Å². The van der Waals surface area contributed by atoms with Crippen LogP contribution in [0.5, 0.6) is 5.75 Å². The smallest absolute Gasteiger partial charge is 0.303 e. The molecule has 0 aromatic heterocycles. The number of halogens is 2. The molecule has 0 saturated carbocycles. The molecule has 0 spiro atoms. The number of thioether (sulfide) groups is 1. The summed E-state index contributed by atoms with van der Waals surface area (Å²) in [6, 6.07) is 11.0. The highest BCUT2D eigenvalue weighted by Crippen LogP contribution is 2.39. The fourth-order valence-corrected chi connectivity index (χ4v) is 5.84. The number of carbonyl (C=O) groups is 2. The number of carboxylic acid groups (broad SMARTS) is 1. The molecule has 2 aromatic rings. The van der Waals surface area contributed by atoms with E-state index in [4.69, 9.17) is 50.0 Å². The number of benzene rings is 2. The van der Waals surface area contributed by atoms with Crippen LogP contribution in [0.15, 0.2) is 41.3 Å². The highest BCUT2D eigenvalue weighted by Gasteiger charge is 2.31. The van der Waals surface area contributed by atoms with Crippen molar-refractivity contribution in [3.63, 3.8) is 0 Å². The van der Waals surface area contributed by atoms with E-state index in [1.165, 1.54) is 16.7 Å². The monoisotopic (exact) mass is 580 g/mol. The topological polar surface area (TPSA) is 79.3 Å². The highest BCUT2D eigenvalue weighted by molar-refractivity contribution is 8.26. The van der Waals surface area contributed by atoms with E-state index in [0.29, 0.717) is 38.0 Å². The van der Waals surface area contributed by atoms with Crippen molar-refractivity contribution in [2.45, 2.75) is 12.8 Å². The van der Waals surface area contributed by atoms with Gasteiger partial charge < -0.3 is 14.6 Å². The van der Waals surface area contributed by atoms with E-state index in [0.717, 1.165) is 49.5 Å². The van der Waals surface area contributed by atoms with Crippen molar-refractivity contribution in [3.05, 3.63) is 56.9 Å². The second kappa shape index (κ2) is 13.1. The van der Waals surface area contributed by atoms with E-state index < -0.39 is 5.97 Å². The highest BCUT2D eigenvalue weighted by atomic mass is 35.5. The lowest BCUT2D eigenvalue weighted by atomic mass is 10.0. The minimum atomic E-state index is -0.901. The number of carboxylic acids is 1. The predicted molar refractivity (Wildman–Crippen MR) is 151 cm³/mol. The van der Waals surface area contributed by atoms with Crippen molar-refractivity contribution in [2.75, 3.05) is 46.0 Å². The van der Waals surface area contributed by atoms with E-state index >= 15 is 0 Å². The zero-order valence-electron chi connectivity index (χ0n) is 20.0. The summed E-state index contributed by atoms with van der Waals surface area (Å²) in [5.41, 5.74) is 2.34. The molecular formula is C26H26Cl2N2O5S2. The van der Waals surface area contributed by atoms with Crippen LogP contribution in [0.4, 0.5) is 0 Å². The lowest BCUT2D eigenvalue weighted by molar-refractivity contribution is -0.137. The van der Waals surface area contributed by atoms with E-state index in [2.05, 4.69) is 4.90 Å². The van der Waals surface area contributed by atoms with E-state index in [1.54, 1.807) is 18.2 Å². The Bertz CT molecular complexity index is 1220. The molecule has 0 aliphatic carbocycles. The first kappa shape index (κ1) is 27.9. The second-order valence-electron chi connectivity index (χ2n) is 8.51. The van der Waals surface area contributed by atoms with Gasteiger partial charge in [0.2, 0.25) is 0 Å². The Morgan fingerprint density at radius 3 is 2.65 bits per heavy atom. The SMILES string of the molecule is O=C(O)CCCN1C(=O)/C(=C/c2ccc(OCCN3CCOCC3)c(-c3ccc(Cl)cc3Cl)c2)SC1=S. The molecule has 1 N–H and O–H groups in total. The molecule has 2 aromatic carbocycles. The largest absolute Gasteiger partial charge is 0.492 e. The molecule has 7 nitrogen and oxygen atoms in total. The van der Waals surface area contributed by atoms with Crippen LogP contribution in [0.2, 0.25) is 10.0 Å². The Labute approximate surface area is 235 Å². The number of carbonyl (C=O) groups excluding carboxylic acids is 1. The van der Waals surface area contributed by atoms with Crippen LogP contribution in [0, 0.1) is 0 Å². The molecule has 1 amide bonds. The lowest BCUT2D eigenvalue weighted by Crippen LogP contribution is -2.38. The summed E-state index contributed by atoms with van der Waals surface area (Å²) in [6.45, 7) is 4.78. The average Bonchev–Trinajstić information content (AvgIpc) is 3.12. The van der Waals surface area contributed by atoms with Crippen LogP contribution >= 0.6 is 47.2 Å². The molecular weight excluding hydrogens is 555 g/mol. The van der Waals surface area contributed by atoms with Crippen LogP contribution in [0.25, 0.3) is 17.2 Å². The first-order valence-electron chi connectivity index (χ1n) is 11.8. The first-order chi connectivity index (χ1) is 17.8. The number of amides is 1. The van der Waals surface area contributed by atoms with Crippen LogP contribution in [0.1, 0.15) is 18.4 Å². The molecule has 0 bridgehead atoms. The third-order valence-corrected chi connectivity index (χ3v) is 7.86. The van der Waals surface area contributed by atoms with Crippen LogP contribution in [-0.2, 0) is 14.3 Å². The summed E-state index contributed by atoms with van der Waals surface area (Å²) in [7, 11) is 0. The molecule has 11 heteroatoms. The van der Waals surface area contributed by atoms with Gasteiger partial charge in [-0.15, -0.1) is 0 Å². The zero-order valence-corrected chi connectivity index (χ0v) is 23.1. The minimum Gasteiger partial charge on any atom is -0.492 e. The fraction of sp³-hybridized carbons (Fsp3) is 0.346. The van der Waals surface area contributed by atoms with Crippen molar-refractivity contribution < 1.29 is 24.2 Å². The van der Waals surface area contributed by atoms with Gasteiger partial charge >= 0.3 is 5.97 Å².